The fourth-order valence-electron chi connectivity index (χ4n) is 5.83. The molecule has 3 fully saturated rings. The van der Waals surface area contributed by atoms with Crippen molar-refractivity contribution in [2.45, 2.75) is 72.1 Å². The lowest BCUT2D eigenvalue weighted by Crippen LogP contribution is -2.41. The zero-order chi connectivity index (χ0) is 11.4. The van der Waals surface area contributed by atoms with E-state index in [4.69, 9.17) is 0 Å². The minimum Gasteiger partial charge on any atom is -0.0617 e. The zero-order valence-electron chi connectivity index (χ0n) is 11.4. The number of hydrogen-bond donors (Lipinski definition) is 0. The van der Waals surface area contributed by atoms with Crippen molar-refractivity contribution in [2.75, 3.05) is 0 Å². The van der Waals surface area contributed by atoms with Gasteiger partial charge >= 0.3 is 0 Å². The highest BCUT2D eigenvalue weighted by Gasteiger charge is 2.59. The molecular weight excluding hydrogens is 192 g/mol. The van der Waals surface area contributed by atoms with Crippen LogP contribution in [0.25, 0.3) is 0 Å². The van der Waals surface area contributed by atoms with Crippen molar-refractivity contribution >= 4 is 0 Å². The molecule has 0 aromatic carbocycles. The van der Waals surface area contributed by atoms with Gasteiger partial charge in [0.2, 0.25) is 0 Å². The lowest BCUT2D eigenvalue weighted by molar-refractivity contribution is 0.00460. The Morgan fingerprint density at radius 1 is 1.00 bits per heavy atom. The van der Waals surface area contributed by atoms with Crippen LogP contribution in [0, 0.1) is 28.6 Å². The Morgan fingerprint density at radius 3 is 2.19 bits per heavy atom. The molecule has 0 spiro atoms. The predicted octanol–water partition coefficient (Wildman–Crippen LogP) is 5.03. The molecule has 3 rings (SSSR count). The van der Waals surface area contributed by atoms with Crippen LogP contribution in [0.2, 0.25) is 0 Å². The molecule has 3 unspecified atom stereocenters. The van der Waals surface area contributed by atoms with E-state index in [1.165, 1.54) is 32.1 Å². The molecule has 3 aliphatic carbocycles. The van der Waals surface area contributed by atoms with Gasteiger partial charge in [0, 0.05) is 0 Å². The van der Waals surface area contributed by atoms with Crippen LogP contribution in [0.5, 0.6) is 0 Å². The third kappa shape index (κ3) is 1.34. The monoisotopic (exact) mass is 220 g/mol. The minimum atomic E-state index is 0.637. The maximum Gasteiger partial charge on any atom is -0.0215 e. The zero-order valence-corrected chi connectivity index (χ0v) is 11.4. The third-order valence-electron chi connectivity index (χ3n) is 6.78. The Hall–Kier alpha value is 0. The van der Waals surface area contributed by atoms with Crippen molar-refractivity contribution < 1.29 is 0 Å². The van der Waals surface area contributed by atoms with E-state index < -0.39 is 0 Å². The van der Waals surface area contributed by atoms with E-state index in [-0.39, 0.29) is 0 Å². The molecule has 3 atom stereocenters. The van der Waals surface area contributed by atoms with Gasteiger partial charge in [0.1, 0.15) is 0 Å². The van der Waals surface area contributed by atoms with Gasteiger partial charge in [-0.15, -0.1) is 0 Å². The van der Waals surface area contributed by atoms with Crippen LogP contribution in [0.4, 0.5) is 0 Å². The summed E-state index contributed by atoms with van der Waals surface area (Å²) in [7, 11) is 0. The van der Waals surface area contributed by atoms with Crippen molar-refractivity contribution in [3.05, 3.63) is 0 Å². The molecule has 92 valence electrons. The highest BCUT2D eigenvalue weighted by Crippen LogP contribution is 2.69. The molecule has 0 amide bonds. The molecule has 0 aromatic rings. The van der Waals surface area contributed by atoms with E-state index >= 15 is 0 Å². The van der Waals surface area contributed by atoms with Crippen LogP contribution in [-0.4, -0.2) is 0 Å². The Balaban J connectivity index is 1.85. The first kappa shape index (κ1) is 11.1. The van der Waals surface area contributed by atoms with E-state index in [1.807, 2.05) is 0 Å². The van der Waals surface area contributed by atoms with Crippen molar-refractivity contribution in [1.82, 2.24) is 0 Å². The normalized spacial score (nSPS) is 44.1. The second kappa shape index (κ2) is 3.50. The lowest BCUT2D eigenvalue weighted by atomic mass is 9.56. The van der Waals surface area contributed by atoms with Gasteiger partial charge in [-0.1, -0.05) is 46.5 Å². The first-order chi connectivity index (χ1) is 7.55. The van der Waals surface area contributed by atoms with E-state index in [0.717, 1.165) is 23.2 Å². The quantitative estimate of drug-likeness (QED) is 0.612. The maximum atomic E-state index is 2.60. The first-order valence-electron chi connectivity index (χ1n) is 7.55. The van der Waals surface area contributed by atoms with Crippen molar-refractivity contribution in [2.24, 2.45) is 28.6 Å². The van der Waals surface area contributed by atoms with Gasteiger partial charge in [-0.2, -0.15) is 0 Å². The standard InChI is InChI=1S/C16H28/c1-12(14-6-4-5-7-14)16-9-8-13(11-16)10-15(16,2)3/h12-14H,4-11H2,1-3H3. The summed E-state index contributed by atoms with van der Waals surface area (Å²) < 4.78 is 0. The smallest absolute Gasteiger partial charge is 0.0215 e. The Bertz CT molecular complexity index is 272. The van der Waals surface area contributed by atoms with Crippen LogP contribution in [-0.2, 0) is 0 Å². The van der Waals surface area contributed by atoms with Gasteiger partial charge < -0.3 is 0 Å². The minimum absolute atomic E-state index is 0.637. The van der Waals surface area contributed by atoms with Gasteiger partial charge in [0.15, 0.2) is 0 Å². The molecular formula is C16H28. The lowest BCUT2D eigenvalue weighted by Gasteiger charge is -2.48. The summed E-state index contributed by atoms with van der Waals surface area (Å²) in [5, 5.41) is 0. The maximum absolute atomic E-state index is 2.60. The van der Waals surface area contributed by atoms with Crippen LogP contribution >= 0.6 is 0 Å². The van der Waals surface area contributed by atoms with E-state index in [1.54, 1.807) is 19.3 Å². The van der Waals surface area contributed by atoms with E-state index in [9.17, 15) is 0 Å². The van der Waals surface area contributed by atoms with Crippen LogP contribution in [0.3, 0.4) is 0 Å². The Kier molecular flexibility index (Phi) is 2.43. The van der Waals surface area contributed by atoms with Gasteiger partial charge in [-0.25, -0.2) is 0 Å². The second-order valence-corrected chi connectivity index (χ2v) is 7.69. The predicted molar refractivity (Wildman–Crippen MR) is 69.3 cm³/mol. The number of fused-ring (bicyclic) bond motifs is 2. The number of hydrogen-bond acceptors (Lipinski definition) is 0. The molecule has 0 nitrogen and oxygen atoms in total. The Labute approximate surface area is 101 Å². The molecule has 2 bridgehead atoms. The summed E-state index contributed by atoms with van der Waals surface area (Å²) in [6.45, 7) is 7.74. The molecule has 3 saturated carbocycles. The summed E-state index contributed by atoms with van der Waals surface area (Å²) in [4.78, 5) is 0. The highest BCUT2D eigenvalue weighted by molar-refractivity contribution is 5.09. The summed E-state index contributed by atoms with van der Waals surface area (Å²) in [5.41, 5.74) is 1.37. The van der Waals surface area contributed by atoms with Crippen LogP contribution in [0.1, 0.15) is 72.1 Å². The SMILES string of the molecule is CC(C1CCCC1)C12CCC(CC1(C)C)C2. The number of rotatable bonds is 2. The summed E-state index contributed by atoms with van der Waals surface area (Å²) in [6, 6.07) is 0. The van der Waals surface area contributed by atoms with Crippen molar-refractivity contribution in [3.8, 4) is 0 Å². The molecule has 0 heteroatoms. The van der Waals surface area contributed by atoms with E-state index in [2.05, 4.69) is 20.8 Å². The van der Waals surface area contributed by atoms with Gasteiger partial charge in [0.25, 0.3) is 0 Å². The molecule has 0 heterocycles. The summed E-state index contributed by atoms with van der Waals surface area (Å²) in [5.74, 6) is 3.15. The second-order valence-electron chi connectivity index (χ2n) is 7.69. The average molecular weight is 220 g/mol. The van der Waals surface area contributed by atoms with E-state index in [0.29, 0.717) is 5.41 Å². The Morgan fingerprint density at radius 2 is 1.69 bits per heavy atom. The molecule has 0 aromatic heterocycles. The van der Waals surface area contributed by atoms with Crippen molar-refractivity contribution in [1.29, 1.82) is 0 Å². The van der Waals surface area contributed by atoms with Gasteiger partial charge in [0.05, 0.1) is 0 Å². The average Bonchev–Trinajstić information content (AvgIpc) is 2.88. The van der Waals surface area contributed by atoms with Crippen molar-refractivity contribution in [3.63, 3.8) is 0 Å². The van der Waals surface area contributed by atoms with Crippen LogP contribution < -0.4 is 0 Å². The van der Waals surface area contributed by atoms with Crippen LogP contribution in [0.15, 0.2) is 0 Å². The molecule has 0 N–H and O–H groups in total. The first-order valence-corrected chi connectivity index (χ1v) is 7.55. The third-order valence-corrected chi connectivity index (χ3v) is 6.78. The largest absolute Gasteiger partial charge is 0.0617 e. The fourth-order valence-corrected chi connectivity index (χ4v) is 5.83. The molecule has 16 heavy (non-hydrogen) atoms. The molecule has 3 aliphatic rings. The van der Waals surface area contributed by atoms with Gasteiger partial charge in [-0.05, 0) is 54.3 Å². The molecule has 0 saturated heterocycles. The summed E-state index contributed by atoms with van der Waals surface area (Å²) >= 11 is 0. The van der Waals surface area contributed by atoms with Gasteiger partial charge in [-0.3, -0.25) is 0 Å². The summed E-state index contributed by atoms with van der Waals surface area (Å²) in [6.07, 6.45) is 12.3. The molecule has 0 aliphatic heterocycles. The highest BCUT2D eigenvalue weighted by atomic mass is 14.6. The fraction of sp³-hybridized carbons (Fsp3) is 1.00. The topological polar surface area (TPSA) is 0 Å². The molecule has 0 radical (unpaired) electrons.